The van der Waals surface area contributed by atoms with E-state index in [9.17, 15) is 8.42 Å². The van der Waals surface area contributed by atoms with Gasteiger partial charge < -0.3 is 9.64 Å². The van der Waals surface area contributed by atoms with Crippen molar-refractivity contribution in [2.24, 2.45) is 0 Å². The van der Waals surface area contributed by atoms with Gasteiger partial charge in [-0.3, -0.25) is 4.98 Å². The Balaban J connectivity index is 1.57. The number of anilines is 1. The van der Waals surface area contributed by atoms with Gasteiger partial charge in [-0.1, -0.05) is 30.3 Å². The van der Waals surface area contributed by atoms with Crippen LogP contribution in [0.15, 0.2) is 65.7 Å². The third-order valence-corrected chi connectivity index (χ3v) is 6.89. The quantitative estimate of drug-likeness (QED) is 0.662. The number of hydrogen-bond donors (Lipinski definition) is 0. The first kappa shape index (κ1) is 18.7. The number of ether oxygens (including phenoxy) is 1. The summed E-state index contributed by atoms with van der Waals surface area (Å²) in [5.74, 6) is 0.833. The first-order valence-electron chi connectivity index (χ1n) is 9.42. The van der Waals surface area contributed by atoms with E-state index in [1.165, 1.54) is 0 Å². The summed E-state index contributed by atoms with van der Waals surface area (Å²) in [5.41, 5.74) is 1.53. The minimum absolute atomic E-state index is 0.272. The van der Waals surface area contributed by atoms with Gasteiger partial charge in [-0.15, -0.1) is 0 Å². The zero-order valence-electron chi connectivity index (χ0n) is 15.8. The van der Waals surface area contributed by atoms with Crippen LogP contribution in [0, 0.1) is 0 Å². The lowest BCUT2D eigenvalue weighted by atomic mass is 10.2. The molecular formula is C21H23N3O3S. The highest BCUT2D eigenvalue weighted by Gasteiger charge is 2.30. The van der Waals surface area contributed by atoms with Crippen molar-refractivity contribution in [2.75, 3.05) is 37.7 Å². The van der Waals surface area contributed by atoms with Gasteiger partial charge in [-0.2, -0.15) is 4.31 Å². The second kappa shape index (κ2) is 7.77. The summed E-state index contributed by atoms with van der Waals surface area (Å²) in [6, 6.07) is 16.9. The van der Waals surface area contributed by atoms with Crippen LogP contribution in [0.5, 0.6) is 5.75 Å². The largest absolute Gasteiger partial charge is 0.492 e. The van der Waals surface area contributed by atoms with Crippen molar-refractivity contribution in [3.05, 3.63) is 60.8 Å². The van der Waals surface area contributed by atoms with Gasteiger partial charge in [0.1, 0.15) is 10.6 Å². The number of sulfonamides is 1. The zero-order chi connectivity index (χ0) is 19.6. The smallest absolute Gasteiger partial charge is 0.245 e. The van der Waals surface area contributed by atoms with Crippen LogP contribution in [0.3, 0.4) is 0 Å². The van der Waals surface area contributed by atoms with E-state index in [4.69, 9.17) is 4.74 Å². The van der Waals surface area contributed by atoms with Crippen LogP contribution in [-0.4, -0.2) is 50.5 Å². The summed E-state index contributed by atoms with van der Waals surface area (Å²) in [7, 11) is -3.60. The van der Waals surface area contributed by atoms with E-state index < -0.39 is 10.0 Å². The van der Waals surface area contributed by atoms with Crippen LogP contribution >= 0.6 is 0 Å². The number of benzene rings is 2. The van der Waals surface area contributed by atoms with E-state index in [2.05, 4.69) is 9.88 Å². The minimum Gasteiger partial charge on any atom is -0.492 e. The number of rotatable bonds is 5. The number of aromatic nitrogens is 1. The summed E-state index contributed by atoms with van der Waals surface area (Å²) < 4.78 is 33.8. The Kier molecular flexibility index (Phi) is 5.19. The summed E-state index contributed by atoms with van der Waals surface area (Å²) in [6.07, 6.45) is 1.63. The molecule has 1 aliphatic rings. The molecular weight excluding hydrogens is 374 g/mol. The van der Waals surface area contributed by atoms with Crippen molar-refractivity contribution in [1.82, 2.24) is 9.29 Å². The SMILES string of the molecule is CCOc1ccccc1N1CCN(S(=O)(=O)c2cccc3cccnc23)CC1. The van der Waals surface area contributed by atoms with E-state index in [-0.39, 0.29) is 4.90 Å². The van der Waals surface area contributed by atoms with Gasteiger partial charge in [-0.25, -0.2) is 8.42 Å². The first-order valence-corrected chi connectivity index (χ1v) is 10.9. The second-order valence-corrected chi connectivity index (χ2v) is 8.53. The first-order chi connectivity index (χ1) is 13.6. The number of pyridine rings is 1. The molecule has 0 aliphatic carbocycles. The van der Waals surface area contributed by atoms with Gasteiger partial charge >= 0.3 is 0 Å². The molecule has 0 N–H and O–H groups in total. The molecule has 2 aromatic carbocycles. The highest BCUT2D eigenvalue weighted by atomic mass is 32.2. The molecule has 0 bridgehead atoms. The van der Waals surface area contributed by atoms with E-state index in [1.807, 2.05) is 49.4 Å². The van der Waals surface area contributed by atoms with Gasteiger partial charge in [0, 0.05) is 37.8 Å². The van der Waals surface area contributed by atoms with Gasteiger partial charge in [-0.05, 0) is 31.2 Å². The topological polar surface area (TPSA) is 62.7 Å². The lowest BCUT2D eigenvalue weighted by Crippen LogP contribution is -2.48. The average Bonchev–Trinajstić information content (AvgIpc) is 2.74. The molecule has 7 heteroatoms. The van der Waals surface area contributed by atoms with Gasteiger partial charge in [0.2, 0.25) is 10.0 Å². The van der Waals surface area contributed by atoms with Crippen molar-refractivity contribution < 1.29 is 13.2 Å². The number of fused-ring (bicyclic) bond motifs is 1. The number of piperazine rings is 1. The molecule has 1 aromatic heterocycles. The molecule has 2 heterocycles. The lowest BCUT2D eigenvalue weighted by molar-refractivity contribution is 0.337. The van der Waals surface area contributed by atoms with E-state index >= 15 is 0 Å². The molecule has 1 fully saturated rings. The van der Waals surface area contributed by atoms with Crippen molar-refractivity contribution in [3.63, 3.8) is 0 Å². The molecule has 0 radical (unpaired) electrons. The van der Waals surface area contributed by atoms with Crippen LogP contribution in [-0.2, 0) is 10.0 Å². The fraction of sp³-hybridized carbons (Fsp3) is 0.286. The van der Waals surface area contributed by atoms with Gasteiger partial charge in [0.15, 0.2) is 0 Å². The Bertz CT molecular complexity index is 1070. The summed E-state index contributed by atoms with van der Waals surface area (Å²) in [5, 5.41) is 0.827. The van der Waals surface area contributed by atoms with Crippen LogP contribution in [0.25, 0.3) is 10.9 Å². The molecule has 0 amide bonds. The van der Waals surface area contributed by atoms with Crippen LogP contribution < -0.4 is 9.64 Å². The maximum Gasteiger partial charge on any atom is 0.245 e. The molecule has 0 unspecified atom stereocenters. The second-order valence-electron chi connectivity index (χ2n) is 6.62. The molecule has 3 aromatic rings. The van der Waals surface area contributed by atoms with E-state index in [0.29, 0.717) is 38.3 Å². The number of nitrogens with zero attached hydrogens (tertiary/aromatic N) is 3. The third kappa shape index (κ3) is 3.43. The average molecular weight is 398 g/mol. The molecule has 28 heavy (non-hydrogen) atoms. The maximum atomic E-state index is 13.3. The van der Waals surface area contributed by atoms with Crippen LogP contribution in [0.4, 0.5) is 5.69 Å². The predicted octanol–water partition coefficient (Wildman–Crippen LogP) is 3.14. The normalized spacial score (nSPS) is 15.7. The van der Waals surface area contributed by atoms with Gasteiger partial charge in [0.25, 0.3) is 0 Å². The molecule has 0 saturated carbocycles. The minimum atomic E-state index is -3.60. The fourth-order valence-electron chi connectivity index (χ4n) is 3.59. The fourth-order valence-corrected chi connectivity index (χ4v) is 5.18. The van der Waals surface area contributed by atoms with Crippen molar-refractivity contribution >= 4 is 26.6 Å². The highest BCUT2D eigenvalue weighted by molar-refractivity contribution is 7.89. The van der Waals surface area contributed by atoms with Crippen molar-refractivity contribution in [1.29, 1.82) is 0 Å². The Morgan fingerprint density at radius 1 is 0.964 bits per heavy atom. The number of hydrogen-bond acceptors (Lipinski definition) is 5. The van der Waals surface area contributed by atoms with Crippen LogP contribution in [0.1, 0.15) is 6.92 Å². The Morgan fingerprint density at radius 2 is 1.71 bits per heavy atom. The van der Waals surface area contributed by atoms with Crippen LogP contribution in [0.2, 0.25) is 0 Å². The standard InChI is InChI=1S/C21H23N3O3S/c1-2-27-19-10-4-3-9-18(19)23-13-15-24(16-14-23)28(25,26)20-11-5-7-17-8-6-12-22-21(17)20/h3-12H,2,13-16H2,1H3. The summed E-state index contributed by atoms with van der Waals surface area (Å²) in [6.45, 7) is 4.63. The Hall–Kier alpha value is -2.64. The molecule has 146 valence electrons. The molecule has 6 nitrogen and oxygen atoms in total. The molecule has 1 saturated heterocycles. The van der Waals surface area contributed by atoms with Gasteiger partial charge in [0.05, 0.1) is 17.8 Å². The molecule has 1 aliphatic heterocycles. The predicted molar refractivity (Wildman–Crippen MR) is 110 cm³/mol. The van der Waals surface area contributed by atoms with Crippen molar-refractivity contribution in [2.45, 2.75) is 11.8 Å². The summed E-state index contributed by atoms with van der Waals surface area (Å²) in [4.78, 5) is 6.76. The zero-order valence-corrected chi connectivity index (χ0v) is 16.6. The summed E-state index contributed by atoms with van der Waals surface area (Å²) >= 11 is 0. The Labute approximate surface area is 165 Å². The monoisotopic (exact) mass is 397 g/mol. The molecule has 0 spiro atoms. The van der Waals surface area contributed by atoms with E-state index in [0.717, 1.165) is 16.8 Å². The molecule has 4 rings (SSSR count). The van der Waals surface area contributed by atoms with Crippen molar-refractivity contribution in [3.8, 4) is 5.75 Å². The lowest BCUT2D eigenvalue weighted by Gasteiger charge is -2.36. The number of para-hydroxylation sites is 3. The maximum absolute atomic E-state index is 13.3. The third-order valence-electron chi connectivity index (χ3n) is 4.96. The highest BCUT2D eigenvalue weighted by Crippen LogP contribution is 2.30. The Morgan fingerprint density at radius 3 is 2.50 bits per heavy atom. The van der Waals surface area contributed by atoms with E-state index in [1.54, 1.807) is 22.6 Å². The molecule has 0 atom stereocenters.